The fraction of sp³-hybridized carbons (Fsp3) is 0.344. The van der Waals surface area contributed by atoms with Crippen molar-refractivity contribution in [3.63, 3.8) is 0 Å². The molecule has 0 spiro atoms. The van der Waals surface area contributed by atoms with Crippen molar-refractivity contribution in [2.24, 2.45) is 0 Å². The minimum atomic E-state index is -0.717. The van der Waals surface area contributed by atoms with E-state index in [0.717, 1.165) is 37.7 Å². The van der Waals surface area contributed by atoms with Crippen molar-refractivity contribution in [3.8, 4) is 28.9 Å². The van der Waals surface area contributed by atoms with Gasteiger partial charge in [-0.15, -0.1) is 0 Å². The van der Waals surface area contributed by atoms with Crippen LogP contribution < -0.4 is 29.6 Å². The fourth-order valence-corrected chi connectivity index (χ4v) is 5.31. The highest BCUT2D eigenvalue weighted by Gasteiger charge is 2.26. The van der Waals surface area contributed by atoms with Crippen LogP contribution in [0.25, 0.3) is 10.9 Å². The van der Waals surface area contributed by atoms with Crippen LogP contribution in [0.3, 0.4) is 0 Å². The zero-order valence-corrected chi connectivity index (χ0v) is 24.3. The maximum atomic E-state index is 15.2. The number of nitrogens with one attached hydrogen (secondary N) is 2. The molecule has 2 amide bonds. The Balaban J connectivity index is 1.15. The average Bonchev–Trinajstić information content (AvgIpc) is 3.54. The van der Waals surface area contributed by atoms with Gasteiger partial charge in [-0.3, -0.25) is 0 Å². The second kappa shape index (κ2) is 13.3. The molecular formula is C32H33F2N5O5. The van der Waals surface area contributed by atoms with E-state index in [2.05, 4.69) is 25.5 Å². The molecule has 2 aliphatic heterocycles. The molecule has 1 atom stereocenters. The van der Waals surface area contributed by atoms with E-state index in [1.54, 1.807) is 25.1 Å². The first-order valence-electron chi connectivity index (χ1n) is 14.7. The van der Waals surface area contributed by atoms with Crippen LogP contribution in [0, 0.1) is 11.6 Å². The van der Waals surface area contributed by atoms with Gasteiger partial charge in [0.2, 0.25) is 11.6 Å². The van der Waals surface area contributed by atoms with Gasteiger partial charge in [0.05, 0.1) is 18.2 Å². The summed E-state index contributed by atoms with van der Waals surface area (Å²) in [6.07, 6.45) is 4.70. The summed E-state index contributed by atoms with van der Waals surface area (Å²) in [7, 11) is 0. The molecule has 12 heteroatoms. The molecule has 230 valence electrons. The lowest BCUT2D eigenvalue weighted by atomic mass is 10.1. The summed E-state index contributed by atoms with van der Waals surface area (Å²) in [4.78, 5) is 23.6. The third kappa shape index (κ3) is 6.75. The fourth-order valence-electron chi connectivity index (χ4n) is 5.31. The summed E-state index contributed by atoms with van der Waals surface area (Å²) < 4.78 is 52.3. The van der Waals surface area contributed by atoms with E-state index in [1.165, 1.54) is 43.4 Å². The molecule has 0 unspecified atom stereocenters. The summed E-state index contributed by atoms with van der Waals surface area (Å²) in [5, 5.41) is 5.77. The second-order valence-corrected chi connectivity index (χ2v) is 10.7. The number of ether oxygens (including phenoxy) is 4. The van der Waals surface area contributed by atoms with Gasteiger partial charge >= 0.3 is 6.03 Å². The molecule has 2 N–H and O–H groups in total. The maximum Gasteiger partial charge on any atom is 0.319 e. The number of amides is 2. The number of rotatable bonds is 10. The first-order chi connectivity index (χ1) is 21.4. The Labute approximate surface area is 253 Å². The van der Waals surface area contributed by atoms with Gasteiger partial charge in [-0.1, -0.05) is 12.1 Å². The number of halogens is 2. The molecule has 44 heavy (non-hydrogen) atoms. The van der Waals surface area contributed by atoms with Crippen LogP contribution in [0.15, 0.2) is 54.9 Å². The third-order valence-electron chi connectivity index (χ3n) is 7.53. The molecule has 2 aliphatic rings. The highest BCUT2D eigenvalue weighted by molar-refractivity contribution is 5.94. The topological polar surface area (TPSA) is 107 Å². The number of urea groups is 1. The van der Waals surface area contributed by atoms with Gasteiger partial charge in [-0.25, -0.2) is 23.5 Å². The first-order valence-corrected chi connectivity index (χ1v) is 14.7. The Hall–Kier alpha value is -4.71. The average molecular weight is 606 g/mol. The van der Waals surface area contributed by atoms with Crippen LogP contribution in [0.1, 0.15) is 37.8 Å². The van der Waals surface area contributed by atoms with Crippen molar-refractivity contribution in [3.05, 3.63) is 72.1 Å². The number of aromatic nitrogens is 2. The lowest BCUT2D eigenvalue weighted by molar-refractivity contribution is 0.162. The second-order valence-electron chi connectivity index (χ2n) is 10.7. The molecule has 1 saturated heterocycles. The molecule has 10 nitrogen and oxygen atoms in total. The first kappa shape index (κ1) is 29.4. The number of hydrogen-bond acceptors (Lipinski definition) is 8. The number of nitrogens with zero attached hydrogens (tertiary/aromatic N) is 3. The molecule has 0 aliphatic carbocycles. The molecule has 0 saturated carbocycles. The van der Waals surface area contributed by atoms with E-state index in [1.807, 2.05) is 0 Å². The zero-order valence-electron chi connectivity index (χ0n) is 24.3. The molecule has 0 bridgehead atoms. The van der Waals surface area contributed by atoms with Crippen molar-refractivity contribution in [2.45, 2.75) is 32.2 Å². The van der Waals surface area contributed by atoms with Crippen LogP contribution in [0.4, 0.5) is 19.3 Å². The maximum absolute atomic E-state index is 15.2. The number of carbonyl (C=O) groups excluding carboxylic acids is 1. The van der Waals surface area contributed by atoms with Crippen molar-refractivity contribution >= 4 is 22.6 Å². The Bertz CT molecular complexity index is 1630. The molecule has 1 fully saturated rings. The highest BCUT2D eigenvalue weighted by atomic mass is 19.1. The van der Waals surface area contributed by atoms with Crippen LogP contribution in [0.5, 0.6) is 28.9 Å². The van der Waals surface area contributed by atoms with E-state index in [4.69, 9.17) is 18.9 Å². The standard InChI is InChI=1S/C32H33F2N5O5/c1-20(21-5-7-22(33)8-6-21)37-32(40)38-23-9-10-26(24(34)17-23)44-31-28-25(35-19-36-31)18-27(29-30(28)43-16-15-42-29)41-14-4-13-39-11-2-3-12-39/h5-10,17-20H,2-4,11-16H2,1H3,(H2,37,38,40)/t20-/m1/s1. The normalized spacial score (nSPS) is 15.2. The van der Waals surface area contributed by atoms with E-state index < -0.39 is 17.9 Å². The third-order valence-corrected chi connectivity index (χ3v) is 7.53. The summed E-state index contributed by atoms with van der Waals surface area (Å²) in [6, 6.07) is 10.7. The predicted molar refractivity (Wildman–Crippen MR) is 160 cm³/mol. The smallest absolute Gasteiger partial charge is 0.319 e. The molecule has 3 heterocycles. The number of hydrogen-bond donors (Lipinski definition) is 2. The molecule has 6 rings (SSSR count). The van der Waals surface area contributed by atoms with Gasteiger partial charge in [0.15, 0.2) is 23.1 Å². The van der Waals surface area contributed by atoms with Gasteiger partial charge in [-0.05, 0) is 69.1 Å². The quantitative estimate of drug-likeness (QED) is 0.205. The lowest BCUT2D eigenvalue weighted by Gasteiger charge is -2.23. The van der Waals surface area contributed by atoms with Crippen molar-refractivity contribution in [1.82, 2.24) is 20.2 Å². The molecule has 1 aromatic heterocycles. The number of fused-ring (bicyclic) bond motifs is 3. The number of benzene rings is 3. The minimum Gasteiger partial charge on any atom is -0.489 e. The molecule has 4 aromatic rings. The van der Waals surface area contributed by atoms with E-state index in [9.17, 15) is 9.18 Å². The van der Waals surface area contributed by atoms with Gasteiger partial charge in [-0.2, -0.15) is 0 Å². The molecule has 0 radical (unpaired) electrons. The van der Waals surface area contributed by atoms with Crippen molar-refractivity contribution in [1.29, 1.82) is 0 Å². The van der Waals surface area contributed by atoms with Crippen LogP contribution in [0.2, 0.25) is 0 Å². The Morgan fingerprint density at radius 2 is 1.77 bits per heavy atom. The van der Waals surface area contributed by atoms with Crippen LogP contribution in [-0.4, -0.2) is 60.4 Å². The Morgan fingerprint density at radius 3 is 2.55 bits per heavy atom. The van der Waals surface area contributed by atoms with Crippen molar-refractivity contribution < 1.29 is 32.5 Å². The summed E-state index contributed by atoms with van der Waals surface area (Å²) in [5.41, 5.74) is 1.44. The van der Waals surface area contributed by atoms with Gasteiger partial charge in [0.1, 0.15) is 30.7 Å². The lowest BCUT2D eigenvalue weighted by Crippen LogP contribution is -2.31. The van der Waals surface area contributed by atoms with Crippen LogP contribution in [-0.2, 0) is 0 Å². The molecular weight excluding hydrogens is 572 g/mol. The number of carbonyl (C=O) groups is 1. The van der Waals surface area contributed by atoms with Crippen LogP contribution >= 0.6 is 0 Å². The summed E-state index contributed by atoms with van der Waals surface area (Å²) >= 11 is 0. The Kier molecular flexibility index (Phi) is 8.87. The largest absolute Gasteiger partial charge is 0.489 e. The van der Waals surface area contributed by atoms with Gasteiger partial charge < -0.3 is 34.5 Å². The number of anilines is 1. The summed E-state index contributed by atoms with van der Waals surface area (Å²) in [5.74, 6) is 0.231. The van der Waals surface area contributed by atoms with E-state index >= 15 is 4.39 Å². The monoisotopic (exact) mass is 605 g/mol. The summed E-state index contributed by atoms with van der Waals surface area (Å²) in [6.45, 7) is 6.18. The molecule has 3 aromatic carbocycles. The zero-order chi connectivity index (χ0) is 30.5. The van der Waals surface area contributed by atoms with Crippen molar-refractivity contribution in [2.75, 3.05) is 44.8 Å². The Morgan fingerprint density at radius 1 is 1.00 bits per heavy atom. The SMILES string of the molecule is C[C@@H](NC(=O)Nc1ccc(Oc2ncnc3cc(OCCCN4CCCC4)c4c(c23)OCCO4)c(F)c1)c1ccc(F)cc1. The van der Waals surface area contributed by atoms with E-state index in [0.29, 0.717) is 48.0 Å². The van der Waals surface area contributed by atoms with E-state index in [-0.39, 0.29) is 23.1 Å². The van der Waals surface area contributed by atoms with Gasteiger partial charge in [0, 0.05) is 24.4 Å². The minimum absolute atomic E-state index is 0.0859. The predicted octanol–water partition coefficient (Wildman–Crippen LogP) is 6.22. The van der Waals surface area contributed by atoms with Gasteiger partial charge in [0.25, 0.3) is 0 Å². The number of likely N-dealkylation sites (tertiary alicyclic amines) is 1. The highest BCUT2D eigenvalue weighted by Crippen LogP contribution is 2.48.